The molecule has 0 aliphatic heterocycles. The highest BCUT2D eigenvalue weighted by molar-refractivity contribution is 5.87. The number of esters is 1. The molecule has 4 rings (SSSR count). The molecule has 0 aliphatic carbocycles. The van der Waals surface area contributed by atoms with Crippen molar-refractivity contribution in [1.82, 2.24) is 0 Å². The molecule has 0 radical (unpaired) electrons. The third kappa shape index (κ3) is 8.08. The first kappa shape index (κ1) is 31.0. The third-order valence-corrected chi connectivity index (χ3v) is 7.87. The van der Waals surface area contributed by atoms with Gasteiger partial charge in [0, 0.05) is 18.6 Å². The quantitative estimate of drug-likeness (QED) is 0.0950. The number of unbranched alkanes of at least 4 members (excludes halogenated alkanes) is 2. The summed E-state index contributed by atoms with van der Waals surface area (Å²) in [6, 6.07) is 30.8. The Balaban J connectivity index is 1.57. The fourth-order valence-electron chi connectivity index (χ4n) is 5.42. The number of ether oxygens (including phenoxy) is 1. The van der Waals surface area contributed by atoms with Gasteiger partial charge in [-0.05, 0) is 88.2 Å². The van der Waals surface area contributed by atoms with Gasteiger partial charge < -0.3 is 9.84 Å². The molecule has 3 nitrogen and oxygen atoms in total. The lowest BCUT2D eigenvalue weighted by molar-refractivity contribution is -0.138. The maximum absolute atomic E-state index is 12.0. The normalized spacial score (nSPS) is 11.0. The van der Waals surface area contributed by atoms with Gasteiger partial charge in [-0.1, -0.05) is 118 Å². The average molecular weight is 561 g/mol. The summed E-state index contributed by atoms with van der Waals surface area (Å²) in [6.45, 7) is 10.3. The van der Waals surface area contributed by atoms with E-state index in [4.69, 9.17) is 4.74 Å². The molecule has 0 amide bonds. The van der Waals surface area contributed by atoms with Gasteiger partial charge in [0.05, 0.1) is 6.61 Å². The van der Waals surface area contributed by atoms with Crippen molar-refractivity contribution >= 4 is 5.97 Å². The summed E-state index contributed by atoms with van der Waals surface area (Å²) >= 11 is 0. The lowest BCUT2D eigenvalue weighted by Crippen LogP contribution is -2.08. The first-order valence-electron chi connectivity index (χ1n) is 15.3. The minimum atomic E-state index is -0.337. The van der Waals surface area contributed by atoms with Gasteiger partial charge in [-0.15, -0.1) is 0 Å². The molecule has 0 heterocycles. The van der Waals surface area contributed by atoms with Crippen molar-refractivity contribution in [1.29, 1.82) is 0 Å². The summed E-state index contributed by atoms with van der Waals surface area (Å²) < 4.78 is 5.45. The summed E-state index contributed by atoms with van der Waals surface area (Å²) in [4.78, 5) is 12.0. The van der Waals surface area contributed by atoms with E-state index in [0.717, 1.165) is 24.0 Å². The van der Waals surface area contributed by atoms with Crippen molar-refractivity contribution in [3.8, 4) is 33.4 Å². The van der Waals surface area contributed by atoms with Gasteiger partial charge in [-0.25, -0.2) is 4.79 Å². The molecule has 1 N–H and O–H groups in total. The molecule has 0 spiro atoms. The van der Waals surface area contributed by atoms with E-state index in [0.29, 0.717) is 25.0 Å². The van der Waals surface area contributed by atoms with Crippen LogP contribution in [0.1, 0.15) is 62.3 Å². The number of aryl methyl sites for hydroxylation is 2. The molecule has 4 aromatic rings. The van der Waals surface area contributed by atoms with Crippen LogP contribution < -0.4 is 0 Å². The van der Waals surface area contributed by atoms with Gasteiger partial charge in [0.1, 0.15) is 0 Å². The number of aliphatic hydroxyl groups excluding tert-OH is 1. The lowest BCUT2D eigenvalue weighted by Gasteiger charge is -2.15. The van der Waals surface area contributed by atoms with Crippen LogP contribution in [-0.4, -0.2) is 24.3 Å². The Hall–Kier alpha value is -3.95. The Kier molecular flexibility index (Phi) is 11.3. The van der Waals surface area contributed by atoms with Gasteiger partial charge in [0.25, 0.3) is 0 Å². The van der Waals surface area contributed by atoms with E-state index in [1.807, 2.05) is 0 Å². The molecular weight excluding hydrogens is 516 g/mol. The highest BCUT2D eigenvalue weighted by Crippen LogP contribution is 2.32. The molecule has 3 heteroatoms. The van der Waals surface area contributed by atoms with Crippen molar-refractivity contribution in [3.63, 3.8) is 0 Å². The first-order valence-corrected chi connectivity index (χ1v) is 15.3. The highest BCUT2D eigenvalue weighted by Gasteiger charge is 2.11. The standard InChI is InChI=1S/C39H44O3/c1-5-7-8-9-30-12-20-38(36(26-30)23-25-42-39(41)28(3)4)34-17-15-32(16-18-34)35-19-21-37(31(6-2)27-35)33-13-10-29(11-14-33)22-24-40/h10-21,26-27,40H,3,5-9,22-25H2,1-2,4H3. The minimum absolute atomic E-state index is 0.170. The Morgan fingerprint density at radius 1 is 0.690 bits per heavy atom. The molecule has 4 aromatic carbocycles. The Labute approximate surface area is 251 Å². The van der Waals surface area contributed by atoms with E-state index in [2.05, 4.69) is 105 Å². The molecule has 0 atom stereocenters. The van der Waals surface area contributed by atoms with Crippen LogP contribution in [0.4, 0.5) is 0 Å². The molecule has 0 unspecified atom stereocenters. The maximum Gasteiger partial charge on any atom is 0.333 e. The van der Waals surface area contributed by atoms with Gasteiger partial charge in [-0.3, -0.25) is 0 Å². The molecule has 0 fully saturated rings. The van der Waals surface area contributed by atoms with Crippen LogP contribution in [0.3, 0.4) is 0 Å². The summed E-state index contributed by atoms with van der Waals surface area (Å²) in [7, 11) is 0. The van der Waals surface area contributed by atoms with Gasteiger partial charge in [-0.2, -0.15) is 0 Å². The Morgan fingerprint density at radius 2 is 1.29 bits per heavy atom. The van der Waals surface area contributed by atoms with Crippen molar-refractivity contribution in [2.75, 3.05) is 13.2 Å². The molecule has 0 saturated heterocycles. The zero-order chi connectivity index (χ0) is 29.9. The van der Waals surface area contributed by atoms with E-state index in [1.54, 1.807) is 6.92 Å². The second-order valence-corrected chi connectivity index (χ2v) is 11.1. The number of carbonyl (C=O) groups excluding carboxylic acids is 1. The molecule has 218 valence electrons. The van der Waals surface area contributed by atoms with Crippen LogP contribution in [-0.2, 0) is 35.2 Å². The maximum atomic E-state index is 12.0. The van der Waals surface area contributed by atoms with Crippen LogP contribution in [0, 0.1) is 0 Å². The Morgan fingerprint density at radius 3 is 1.93 bits per heavy atom. The summed E-state index contributed by atoms with van der Waals surface area (Å²) in [5.41, 5.74) is 12.6. The van der Waals surface area contributed by atoms with E-state index in [1.165, 1.54) is 63.8 Å². The molecule has 0 saturated carbocycles. The van der Waals surface area contributed by atoms with Crippen LogP contribution in [0.25, 0.3) is 33.4 Å². The minimum Gasteiger partial charge on any atom is -0.462 e. The van der Waals surface area contributed by atoms with Crippen LogP contribution in [0.15, 0.2) is 97.1 Å². The number of benzene rings is 4. The van der Waals surface area contributed by atoms with Gasteiger partial charge >= 0.3 is 5.97 Å². The SMILES string of the molecule is C=C(C)C(=O)OCCc1cc(CCCCC)ccc1-c1ccc(-c2ccc(-c3ccc(CCO)cc3)c(CC)c2)cc1. The van der Waals surface area contributed by atoms with Crippen LogP contribution in [0.5, 0.6) is 0 Å². The zero-order valence-electron chi connectivity index (χ0n) is 25.4. The predicted octanol–water partition coefficient (Wildman–Crippen LogP) is 9.18. The Bertz CT molecular complexity index is 1480. The smallest absolute Gasteiger partial charge is 0.333 e. The average Bonchev–Trinajstić information content (AvgIpc) is 3.01. The number of hydrogen-bond donors (Lipinski definition) is 1. The number of rotatable bonds is 14. The fourth-order valence-corrected chi connectivity index (χ4v) is 5.42. The van der Waals surface area contributed by atoms with Crippen molar-refractivity contribution in [2.45, 2.75) is 65.7 Å². The number of carbonyl (C=O) groups is 1. The monoisotopic (exact) mass is 560 g/mol. The van der Waals surface area contributed by atoms with E-state index >= 15 is 0 Å². The molecule has 0 bridgehead atoms. The summed E-state index contributed by atoms with van der Waals surface area (Å²) in [5.74, 6) is -0.337. The van der Waals surface area contributed by atoms with Gasteiger partial charge in [0.15, 0.2) is 0 Å². The summed E-state index contributed by atoms with van der Waals surface area (Å²) in [5, 5.41) is 9.22. The van der Waals surface area contributed by atoms with E-state index in [-0.39, 0.29) is 12.6 Å². The second-order valence-electron chi connectivity index (χ2n) is 11.1. The van der Waals surface area contributed by atoms with Crippen LogP contribution in [0.2, 0.25) is 0 Å². The van der Waals surface area contributed by atoms with Crippen molar-refractivity contribution < 1.29 is 14.6 Å². The molecule has 0 aliphatic rings. The third-order valence-electron chi connectivity index (χ3n) is 7.87. The van der Waals surface area contributed by atoms with Crippen molar-refractivity contribution in [2.24, 2.45) is 0 Å². The van der Waals surface area contributed by atoms with Crippen LogP contribution >= 0.6 is 0 Å². The van der Waals surface area contributed by atoms with Crippen molar-refractivity contribution in [3.05, 3.63) is 119 Å². The zero-order valence-corrected chi connectivity index (χ0v) is 25.4. The fraction of sp³-hybridized carbons (Fsp3) is 0.308. The largest absolute Gasteiger partial charge is 0.462 e. The molecule has 42 heavy (non-hydrogen) atoms. The van der Waals surface area contributed by atoms with E-state index < -0.39 is 0 Å². The van der Waals surface area contributed by atoms with Gasteiger partial charge in [0.2, 0.25) is 0 Å². The lowest BCUT2D eigenvalue weighted by atomic mass is 9.91. The second kappa shape index (κ2) is 15.3. The highest BCUT2D eigenvalue weighted by atomic mass is 16.5. The number of aliphatic hydroxyl groups is 1. The predicted molar refractivity (Wildman–Crippen MR) is 176 cm³/mol. The number of hydrogen-bond acceptors (Lipinski definition) is 3. The topological polar surface area (TPSA) is 46.5 Å². The van der Waals surface area contributed by atoms with E-state index in [9.17, 15) is 9.90 Å². The first-order chi connectivity index (χ1) is 20.4. The molecular formula is C39H44O3. The molecule has 0 aromatic heterocycles. The summed E-state index contributed by atoms with van der Waals surface area (Å²) in [6.07, 6.45) is 6.98.